The minimum atomic E-state index is 0. The first-order valence-corrected chi connectivity index (χ1v) is 35.1. The van der Waals surface area contributed by atoms with Gasteiger partial charge in [-0.15, -0.1) is 0 Å². The number of carbonyl (C=O) groups excluding carboxylic acids is 5. The largest absolute Gasteiger partial charge is 1.00 e. The van der Waals surface area contributed by atoms with Crippen molar-refractivity contribution < 1.29 is 79.5 Å². The van der Waals surface area contributed by atoms with Gasteiger partial charge >= 0.3 is 0 Å². The van der Waals surface area contributed by atoms with Gasteiger partial charge in [-0.25, -0.2) is 4.57 Å². The van der Waals surface area contributed by atoms with Crippen LogP contribution in [0.15, 0.2) is 235 Å². The number of hydrogen-bond acceptors (Lipinski definition) is 11. The standard InChI is InChI=1S/C19H24N3O.C19H14N2O.C18H21N2O.C16H15NO2.C16H14O.3ClH/c1-22(10-8-20,11-9-21)13-16-12-15-6-2-4-14-5-3-7-17(18(14)15)19(16)23;20-16-7-9-21(10-8-16)12-15-11-14-5-1-3-13-4-2-6-17(18(13)14)19(15)22;1-20(2,10-9-19)12-15-11-14-7-3-5-13-6-4-8-16(17(13)14)18(15)21;17-8-3-9-19-15-10-14(18)12-6-1-4-11-5-2-7-13(15)16(11)12;1-2-5-13-10-12-8-3-6-11-7-4-9-14(15(11)12)16(13)17;;;/h2-7,12H,8-11,13,20-21H2,1H3;1-11,20H,12H2;3-8,11H,9-10,12,19H2,1-2H3;1-2,4-7,10H,3,8-9,17H2;3-4,6-10H,2,5H2,1H3;3*1H/q+1;;+1;;;;;/p-2. The summed E-state index contributed by atoms with van der Waals surface area (Å²) in [7, 11) is 6.35. The number of Topliss-reactive ketones (excluding diaryl/α,β-unsaturated/α-hetero) is 4. The average Bonchev–Trinajstić information content (AvgIpc) is 0.782. The van der Waals surface area contributed by atoms with E-state index in [1.165, 1.54) is 5.56 Å². The fraction of sp³-hybridized carbons (Fsp3) is 0.205. The summed E-state index contributed by atoms with van der Waals surface area (Å²) in [4.78, 5) is 63.0. The van der Waals surface area contributed by atoms with E-state index in [9.17, 15) is 24.0 Å². The predicted molar refractivity (Wildman–Crippen MR) is 417 cm³/mol. The van der Waals surface area contributed by atoms with Crippen molar-refractivity contribution in [3.05, 3.63) is 291 Å². The molecular formula is C88H89Cl3N8O6. The summed E-state index contributed by atoms with van der Waals surface area (Å²) < 4.78 is 9.09. The fourth-order valence-corrected chi connectivity index (χ4v) is 14.6. The number of halogens is 3. The Morgan fingerprint density at radius 3 is 1.14 bits per heavy atom. The maximum atomic E-state index is 12.9. The number of carbonyl (C=O) groups is 5. The van der Waals surface area contributed by atoms with E-state index in [1.807, 2.05) is 163 Å². The minimum Gasteiger partial charge on any atom is -1.00 e. The van der Waals surface area contributed by atoms with Gasteiger partial charge in [0.1, 0.15) is 18.8 Å². The van der Waals surface area contributed by atoms with Gasteiger partial charge in [-0.3, -0.25) is 24.0 Å². The smallest absolute Gasteiger partial charge is 0.196 e. The van der Waals surface area contributed by atoms with Crippen molar-refractivity contribution in [3.63, 3.8) is 0 Å². The molecule has 0 aliphatic heterocycles. The highest BCUT2D eigenvalue weighted by atomic mass is 35.5. The minimum absolute atomic E-state index is 0. The van der Waals surface area contributed by atoms with Crippen molar-refractivity contribution in [2.45, 2.75) is 32.7 Å². The summed E-state index contributed by atoms with van der Waals surface area (Å²) in [6.45, 7) is 9.43. The number of nitrogen functional groups attached to an aromatic ring is 1. The average molecular weight is 1460 g/mol. The lowest BCUT2D eigenvalue weighted by Gasteiger charge is -2.35. The molecule has 5 aliphatic carbocycles. The van der Waals surface area contributed by atoms with E-state index < -0.39 is 0 Å². The third kappa shape index (κ3) is 17.3. The number of aromatic nitrogens is 1. The molecule has 0 atom stereocenters. The van der Waals surface area contributed by atoms with E-state index in [1.54, 1.807) is 6.08 Å². The van der Waals surface area contributed by atoms with Crippen molar-refractivity contribution in [2.24, 2.45) is 22.9 Å². The molecule has 14 nitrogen and oxygen atoms in total. The first-order valence-electron chi connectivity index (χ1n) is 35.1. The fourth-order valence-electron chi connectivity index (χ4n) is 14.6. The first-order chi connectivity index (χ1) is 49.4. The van der Waals surface area contributed by atoms with E-state index in [0.717, 1.165) is 175 Å². The van der Waals surface area contributed by atoms with E-state index >= 15 is 0 Å². The zero-order valence-corrected chi connectivity index (χ0v) is 62.0. The van der Waals surface area contributed by atoms with Crippen molar-refractivity contribution in [3.8, 4) is 0 Å². The van der Waals surface area contributed by atoms with Crippen LogP contribution in [0.2, 0.25) is 0 Å². The zero-order chi connectivity index (χ0) is 71.7. The zero-order valence-electron chi connectivity index (χ0n) is 59.7. The summed E-state index contributed by atoms with van der Waals surface area (Å²) >= 11 is 0. The number of hydrogen-bond donors (Lipinski definition) is 5. The predicted octanol–water partition coefficient (Wildman–Crippen LogP) is 5.20. The van der Waals surface area contributed by atoms with Crippen molar-refractivity contribution in [1.29, 1.82) is 0 Å². The molecule has 10 N–H and O–H groups in total. The number of ether oxygens (including phenoxy) is 1. The molecule has 17 heteroatoms. The molecule has 16 rings (SSSR count). The number of pyridine rings is 1. The van der Waals surface area contributed by atoms with Crippen molar-refractivity contribution in [1.82, 2.24) is 0 Å². The van der Waals surface area contributed by atoms with Crippen molar-refractivity contribution >= 4 is 119 Å². The Balaban J connectivity index is 0.000000151. The molecule has 11 aromatic rings. The third-order valence-electron chi connectivity index (χ3n) is 19.5. The number of ketones is 5. The van der Waals surface area contributed by atoms with Gasteiger partial charge in [0.15, 0.2) is 47.9 Å². The SMILES string of the molecule is CCCC1=Cc2cccc3cccc(c23)C1=O.C[N+](C)(CCN)CC1=Cc2cccc3cccc(c23)C1=O.C[N+](CCN)(CCN)CC1=Cc2cccc3cccc(c23)C1=O.NCCCOC1=CC(=O)c2cccc3cccc1c23.Nc1cc[n+](CC2=Cc3cccc4cccc(c34)C2=O)cc1.[Cl-].[Cl-].[Cl-]. The monoisotopic (exact) mass is 1460 g/mol. The molecular weight excluding hydrogens is 1370 g/mol. The number of quaternary nitrogens is 2. The molecule has 105 heavy (non-hydrogen) atoms. The van der Waals surface area contributed by atoms with Crippen LogP contribution in [0.25, 0.3) is 83.9 Å². The highest BCUT2D eigenvalue weighted by Crippen LogP contribution is 2.38. The lowest BCUT2D eigenvalue weighted by Crippen LogP contribution is -3.00. The molecule has 1 heterocycles. The summed E-state index contributed by atoms with van der Waals surface area (Å²) in [6.07, 6.45) is 16.2. The molecule has 538 valence electrons. The summed E-state index contributed by atoms with van der Waals surface area (Å²) in [6, 6.07) is 63.9. The normalized spacial score (nSPS) is 13.5. The van der Waals surface area contributed by atoms with Gasteiger partial charge in [0, 0.05) is 109 Å². The van der Waals surface area contributed by atoms with Crippen LogP contribution in [0.5, 0.6) is 0 Å². The Hall–Kier alpha value is -10.1. The van der Waals surface area contributed by atoms with Gasteiger partial charge in [-0.2, -0.15) is 0 Å². The molecule has 0 saturated heterocycles. The highest BCUT2D eigenvalue weighted by molar-refractivity contribution is 6.26. The van der Waals surface area contributed by atoms with Crippen LogP contribution >= 0.6 is 0 Å². The van der Waals surface area contributed by atoms with Gasteiger partial charge in [0.2, 0.25) is 0 Å². The van der Waals surface area contributed by atoms with Gasteiger partial charge < -0.3 is 79.6 Å². The summed E-state index contributed by atoms with van der Waals surface area (Å²) in [5.41, 5.74) is 42.1. The molecule has 0 unspecified atom stereocenters. The van der Waals surface area contributed by atoms with E-state index in [-0.39, 0.29) is 66.1 Å². The Labute approximate surface area is 632 Å². The molecule has 0 bridgehead atoms. The quantitative estimate of drug-likeness (QED) is 0.0426. The lowest BCUT2D eigenvalue weighted by molar-refractivity contribution is -0.901. The van der Waals surface area contributed by atoms with E-state index in [4.69, 9.17) is 33.4 Å². The Bertz CT molecular complexity index is 5260. The number of likely N-dealkylation sites (N-methyl/N-ethyl adjacent to an activating group) is 2. The number of benzene rings is 10. The van der Waals surface area contributed by atoms with Crippen LogP contribution in [0.1, 0.15) is 106 Å². The van der Waals surface area contributed by atoms with Crippen LogP contribution in [-0.4, -0.2) is 125 Å². The Kier molecular flexibility index (Phi) is 26.5. The maximum absolute atomic E-state index is 12.9. The van der Waals surface area contributed by atoms with E-state index in [0.29, 0.717) is 62.7 Å². The van der Waals surface area contributed by atoms with Crippen molar-refractivity contribution in [2.75, 3.05) is 92.4 Å². The molecule has 0 fully saturated rings. The van der Waals surface area contributed by atoms with Crippen LogP contribution in [-0.2, 0) is 11.3 Å². The Morgan fingerprint density at radius 1 is 0.381 bits per heavy atom. The molecule has 5 aliphatic rings. The molecule has 10 aromatic carbocycles. The van der Waals surface area contributed by atoms with Gasteiger partial charge in [-0.1, -0.05) is 195 Å². The van der Waals surface area contributed by atoms with Crippen LogP contribution in [0.3, 0.4) is 0 Å². The number of nitrogens with two attached hydrogens (primary N) is 5. The van der Waals surface area contributed by atoms with Crippen LogP contribution in [0.4, 0.5) is 5.69 Å². The number of allylic oxidation sites excluding steroid dienone is 3. The Morgan fingerprint density at radius 2 is 0.733 bits per heavy atom. The lowest BCUT2D eigenvalue weighted by atomic mass is 9.86. The number of nitrogens with zero attached hydrogens (tertiary/aromatic N) is 3. The third-order valence-corrected chi connectivity index (χ3v) is 19.5. The number of anilines is 1. The number of rotatable bonds is 18. The second-order valence-corrected chi connectivity index (χ2v) is 27.5. The van der Waals surface area contributed by atoms with Gasteiger partial charge in [0.05, 0.1) is 64.1 Å². The molecule has 0 spiro atoms. The first kappa shape index (κ1) is 79.1. The van der Waals surface area contributed by atoms with Crippen LogP contribution < -0.4 is 70.5 Å². The van der Waals surface area contributed by atoms with Crippen LogP contribution in [0, 0.1) is 0 Å². The second kappa shape index (κ2) is 35.1. The maximum Gasteiger partial charge on any atom is 0.196 e. The van der Waals surface area contributed by atoms with Gasteiger partial charge in [0.25, 0.3) is 0 Å². The molecule has 0 radical (unpaired) electrons. The molecule has 0 saturated carbocycles. The molecule has 0 amide bonds. The topological polar surface area (TPSA) is 229 Å². The summed E-state index contributed by atoms with van der Waals surface area (Å²) in [5.74, 6) is 1.26. The van der Waals surface area contributed by atoms with E-state index in [2.05, 4.69) is 101 Å². The molecule has 1 aromatic heterocycles. The second-order valence-electron chi connectivity index (χ2n) is 27.5. The summed E-state index contributed by atoms with van der Waals surface area (Å²) in [5, 5.41) is 10.9. The van der Waals surface area contributed by atoms with Gasteiger partial charge in [-0.05, 0) is 92.9 Å². The highest BCUT2D eigenvalue weighted by Gasteiger charge is 2.31.